The van der Waals surface area contributed by atoms with Gasteiger partial charge in [0.05, 0.1) is 5.21 Å². The molecule has 0 N–H and O–H groups in total. The molecule has 0 saturated heterocycles. The predicted molar refractivity (Wildman–Crippen MR) is 29.1 cm³/mol. The van der Waals surface area contributed by atoms with Gasteiger partial charge in [-0.25, -0.2) is 0 Å². The highest BCUT2D eigenvalue weighted by atomic mass is 35.5. The average molecular weight is 148 g/mol. The van der Waals surface area contributed by atoms with Gasteiger partial charge in [0.1, 0.15) is 13.6 Å². The van der Waals surface area contributed by atoms with Crippen LogP contribution in [0.5, 0.6) is 0 Å². The summed E-state index contributed by atoms with van der Waals surface area (Å²) >= 11 is 0. The number of aryl methyl sites for hydroxylation is 2. The predicted octanol–water partition coefficient (Wildman–Crippen LogP) is -3.27. The first kappa shape index (κ1) is 8.43. The molecule has 0 unspecified atom stereocenters. The quantitative estimate of drug-likeness (QED) is 0.382. The Hall–Kier alpha value is -0.570. The summed E-state index contributed by atoms with van der Waals surface area (Å²) in [6.07, 6.45) is 3.86. The lowest BCUT2D eigenvalue weighted by Crippen LogP contribution is -3.00. The van der Waals surface area contributed by atoms with E-state index in [1.165, 1.54) is 0 Å². The maximum atomic E-state index is 4.06. The molecule has 0 aliphatic heterocycles. The van der Waals surface area contributed by atoms with E-state index < -0.39 is 0 Å². The molecule has 0 aromatic carbocycles. The lowest BCUT2D eigenvalue weighted by atomic mass is 10.7. The van der Waals surface area contributed by atoms with E-state index in [1.807, 2.05) is 24.1 Å². The molecular formula is C5H10ClN3. The van der Waals surface area contributed by atoms with Gasteiger partial charge in [0.15, 0.2) is 12.4 Å². The Labute approximate surface area is 60.7 Å². The van der Waals surface area contributed by atoms with Crippen LogP contribution in [0.1, 0.15) is 6.92 Å². The molecule has 1 aromatic heterocycles. The molecular weight excluding hydrogens is 138 g/mol. The summed E-state index contributed by atoms with van der Waals surface area (Å²) < 4.78 is 3.66. The van der Waals surface area contributed by atoms with E-state index in [9.17, 15) is 0 Å². The second-order valence-corrected chi connectivity index (χ2v) is 1.72. The zero-order valence-corrected chi connectivity index (χ0v) is 6.34. The number of halogens is 1. The molecule has 0 atom stereocenters. The summed E-state index contributed by atoms with van der Waals surface area (Å²) in [5.74, 6) is 0. The van der Waals surface area contributed by atoms with Crippen LogP contribution < -0.4 is 17.1 Å². The Kier molecular flexibility index (Phi) is 3.24. The maximum absolute atomic E-state index is 4.06. The topological polar surface area (TPSA) is 21.7 Å². The second-order valence-electron chi connectivity index (χ2n) is 1.72. The van der Waals surface area contributed by atoms with Gasteiger partial charge in [-0.1, -0.05) is 0 Å². The number of aromatic nitrogens is 3. The molecule has 1 aromatic rings. The molecule has 3 nitrogen and oxygen atoms in total. The number of nitrogens with zero attached hydrogens (tertiary/aromatic N) is 3. The highest BCUT2D eigenvalue weighted by Gasteiger charge is 1.94. The lowest BCUT2D eigenvalue weighted by Gasteiger charge is -1.77. The monoisotopic (exact) mass is 147 g/mol. The van der Waals surface area contributed by atoms with Crippen LogP contribution in [0.4, 0.5) is 0 Å². The Morgan fingerprint density at radius 2 is 2.33 bits per heavy atom. The molecule has 0 aliphatic carbocycles. The van der Waals surface area contributed by atoms with Gasteiger partial charge in [-0.15, -0.1) is 9.36 Å². The normalized spacial score (nSPS) is 8.67. The van der Waals surface area contributed by atoms with E-state index in [1.54, 1.807) is 4.68 Å². The Balaban J connectivity index is 0.000000640. The van der Waals surface area contributed by atoms with Crippen molar-refractivity contribution in [1.82, 2.24) is 9.90 Å². The van der Waals surface area contributed by atoms with Crippen molar-refractivity contribution in [1.29, 1.82) is 0 Å². The fraction of sp³-hybridized carbons (Fsp3) is 0.600. The third-order valence-electron chi connectivity index (χ3n) is 1.03. The number of hydrogen-bond acceptors (Lipinski definition) is 1. The molecule has 1 rings (SSSR count). The summed E-state index contributed by atoms with van der Waals surface area (Å²) in [4.78, 5) is 0. The van der Waals surface area contributed by atoms with Gasteiger partial charge >= 0.3 is 0 Å². The van der Waals surface area contributed by atoms with Crippen molar-refractivity contribution in [2.24, 2.45) is 7.05 Å². The molecule has 0 fully saturated rings. The van der Waals surface area contributed by atoms with E-state index in [0.29, 0.717) is 0 Å². The Bertz CT molecular complexity index is 172. The number of rotatable bonds is 1. The minimum Gasteiger partial charge on any atom is -1.00 e. The Morgan fingerprint density at radius 1 is 1.67 bits per heavy atom. The van der Waals surface area contributed by atoms with E-state index in [4.69, 9.17) is 0 Å². The lowest BCUT2D eigenvalue weighted by molar-refractivity contribution is -0.752. The van der Waals surface area contributed by atoms with Gasteiger partial charge in [-0.3, -0.25) is 0 Å². The van der Waals surface area contributed by atoms with E-state index in [2.05, 4.69) is 12.1 Å². The van der Waals surface area contributed by atoms with Gasteiger partial charge in [0, 0.05) is 0 Å². The van der Waals surface area contributed by atoms with Crippen molar-refractivity contribution in [3.63, 3.8) is 0 Å². The van der Waals surface area contributed by atoms with E-state index in [0.717, 1.165) is 6.54 Å². The summed E-state index contributed by atoms with van der Waals surface area (Å²) in [7, 11) is 1.91. The standard InChI is InChI=1S/C5H10N3.ClH/c1-3-8-5-4-7(2)6-8;/h4-5H,3H2,1-2H3;1H/q+1;/p-1. The average Bonchev–Trinajstić information content (AvgIpc) is 2.14. The van der Waals surface area contributed by atoms with Crippen molar-refractivity contribution in [3.8, 4) is 0 Å². The summed E-state index contributed by atoms with van der Waals surface area (Å²) in [5, 5.41) is 4.06. The van der Waals surface area contributed by atoms with E-state index in [-0.39, 0.29) is 12.4 Å². The van der Waals surface area contributed by atoms with Crippen LogP contribution >= 0.6 is 0 Å². The number of hydrogen-bond donors (Lipinski definition) is 0. The highest BCUT2D eigenvalue weighted by molar-refractivity contribution is 4.52. The van der Waals surface area contributed by atoms with Crippen LogP contribution in [0.15, 0.2) is 12.4 Å². The summed E-state index contributed by atoms with van der Waals surface area (Å²) in [5.41, 5.74) is 0. The van der Waals surface area contributed by atoms with Crippen molar-refractivity contribution >= 4 is 0 Å². The zero-order valence-electron chi connectivity index (χ0n) is 5.58. The van der Waals surface area contributed by atoms with Gasteiger partial charge in [0.2, 0.25) is 0 Å². The van der Waals surface area contributed by atoms with Crippen molar-refractivity contribution in [2.45, 2.75) is 13.5 Å². The highest BCUT2D eigenvalue weighted by Crippen LogP contribution is 1.68. The first-order valence-electron chi connectivity index (χ1n) is 2.72. The fourth-order valence-electron chi connectivity index (χ4n) is 0.583. The van der Waals surface area contributed by atoms with Crippen molar-refractivity contribution in [2.75, 3.05) is 0 Å². The first-order chi connectivity index (χ1) is 3.83. The van der Waals surface area contributed by atoms with Crippen LogP contribution in [0.3, 0.4) is 0 Å². The van der Waals surface area contributed by atoms with Crippen LogP contribution in [0, 0.1) is 0 Å². The van der Waals surface area contributed by atoms with Crippen LogP contribution in [-0.2, 0) is 13.6 Å². The van der Waals surface area contributed by atoms with E-state index >= 15 is 0 Å². The fourth-order valence-corrected chi connectivity index (χ4v) is 0.583. The van der Waals surface area contributed by atoms with Gasteiger partial charge in [-0.05, 0) is 6.92 Å². The minimum absolute atomic E-state index is 0. The zero-order chi connectivity index (χ0) is 5.98. The van der Waals surface area contributed by atoms with Crippen molar-refractivity contribution in [3.05, 3.63) is 12.4 Å². The summed E-state index contributed by atoms with van der Waals surface area (Å²) in [6, 6.07) is 0. The minimum atomic E-state index is 0. The molecule has 0 aliphatic rings. The van der Waals surface area contributed by atoms with Gasteiger partial charge in [-0.2, -0.15) is 0 Å². The largest absolute Gasteiger partial charge is 1.00 e. The summed E-state index contributed by atoms with van der Waals surface area (Å²) in [6.45, 7) is 3.01. The molecule has 0 radical (unpaired) electrons. The van der Waals surface area contributed by atoms with Crippen molar-refractivity contribution < 1.29 is 17.1 Å². The molecule has 4 heteroatoms. The SMILES string of the molecule is CC[n+]1ccn(C)n1.[Cl-]. The van der Waals surface area contributed by atoms with Crippen LogP contribution in [0.25, 0.3) is 0 Å². The third-order valence-corrected chi connectivity index (χ3v) is 1.03. The third kappa shape index (κ3) is 2.01. The second kappa shape index (κ2) is 3.45. The molecule has 9 heavy (non-hydrogen) atoms. The van der Waals surface area contributed by atoms with Gasteiger partial charge in [0.25, 0.3) is 0 Å². The molecule has 0 bridgehead atoms. The molecule has 1 heterocycles. The van der Waals surface area contributed by atoms with Crippen LogP contribution in [0.2, 0.25) is 0 Å². The molecule has 0 amide bonds. The molecule has 52 valence electrons. The smallest absolute Gasteiger partial charge is 0.155 e. The maximum Gasteiger partial charge on any atom is 0.155 e. The first-order valence-corrected chi connectivity index (χ1v) is 2.72. The van der Waals surface area contributed by atoms with Crippen LogP contribution in [-0.4, -0.2) is 9.90 Å². The molecule has 0 saturated carbocycles. The molecule has 0 spiro atoms. The van der Waals surface area contributed by atoms with Gasteiger partial charge < -0.3 is 12.4 Å². The Morgan fingerprint density at radius 3 is 2.56 bits per heavy atom.